The highest BCUT2D eigenvalue weighted by Gasteiger charge is 2.40. The zero-order chi connectivity index (χ0) is 14.8. The Hall–Kier alpha value is -1.06. The molecule has 0 radical (unpaired) electrons. The third-order valence-corrected chi connectivity index (χ3v) is 5.49. The van der Waals surface area contributed by atoms with Gasteiger partial charge in [-0.25, -0.2) is 0 Å². The Morgan fingerprint density at radius 2 is 1.81 bits per heavy atom. The van der Waals surface area contributed by atoms with Crippen LogP contribution in [0.1, 0.15) is 58.3 Å². The van der Waals surface area contributed by atoms with Crippen LogP contribution in [0.2, 0.25) is 0 Å². The molecule has 0 N–H and O–H groups in total. The van der Waals surface area contributed by atoms with Gasteiger partial charge in [0.1, 0.15) is 0 Å². The molecule has 3 fully saturated rings. The Morgan fingerprint density at radius 3 is 2.52 bits per heavy atom. The largest absolute Gasteiger partial charge is 0.342 e. The Morgan fingerprint density at radius 1 is 1.05 bits per heavy atom. The standard InChI is InChI=1S/C17H28N2O2/c1-13-6-5-9-18(11-13)17(21)14-10-16(20)19(12-14)15-7-3-2-4-8-15/h13-15H,2-12H2,1H3/t13-,14+/m1/s1. The number of nitrogens with zero attached hydrogens (tertiary/aromatic N) is 2. The van der Waals surface area contributed by atoms with Gasteiger partial charge in [-0.3, -0.25) is 9.59 Å². The lowest BCUT2D eigenvalue weighted by Gasteiger charge is -2.34. The van der Waals surface area contributed by atoms with Gasteiger partial charge in [-0.15, -0.1) is 0 Å². The minimum absolute atomic E-state index is 0.0790. The molecular formula is C17H28N2O2. The van der Waals surface area contributed by atoms with Crippen molar-refractivity contribution in [3.63, 3.8) is 0 Å². The van der Waals surface area contributed by atoms with Crippen molar-refractivity contribution in [2.75, 3.05) is 19.6 Å². The second-order valence-corrected chi connectivity index (χ2v) is 7.27. The Labute approximate surface area is 127 Å². The summed E-state index contributed by atoms with van der Waals surface area (Å²) < 4.78 is 0. The van der Waals surface area contributed by atoms with E-state index in [0.717, 1.165) is 32.4 Å². The average molecular weight is 292 g/mol. The topological polar surface area (TPSA) is 40.6 Å². The summed E-state index contributed by atoms with van der Waals surface area (Å²) in [6, 6.07) is 0.407. The molecule has 2 atom stereocenters. The van der Waals surface area contributed by atoms with Crippen LogP contribution in [0.5, 0.6) is 0 Å². The van der Waals surface area contributed by atoms with E-state index in [9.17, 15) is 9.59 Å². The highest BCUT2D eigenvalue weighted by Crippen LogP contribution is 2.30. The second-order valence-electron chi connectivity index (χ2n) is 7.27. The van der Waals surface area contributed by atoms with Crippen LogP contribution in [0, 0.1) is 11.8 Å². The van der Waals surface area contributed by atoms with Crippen molar-refractivity contribution in [1.29, 1.82) is 0 Å². The molecule has 21 heavy (non-hydrogen) atoms. The van der Waals surface area contributed by atoms with Gasteiger partial charge in [-0.2, -0.15) is 0 Å². The number of carbonyl (C=O) groups excluding carboxylic acids is 2. The van der Waals surface area contributed by atoms with Crippen molar-refractivity contribution in [3.8, 4) is 0 Å². The molecule has 118 valence electrons. The molecule has 2 heterocycles. The molecule has 0 aromatic rings. The maximum Gasteiger partial charge on any atom is 0.228 e. The molecule has 4 heteroatoms. The van der Waals surface area contributed by atoms with E-state index in [0.29, 0.717) is 24.9 Å². The molecule has 3 aliphatic rings. The van der Waals surface area contributed by atoms with Crippen LogP contribution in [0.15, 0.2) is 0 Å². The molecule has 0 unspecified atom stereocenters. The number of rotatable bonds is 2. The van der Waals surface area contributed by atoms with Gasteiger partial charge in [-0.05, 0) is 31.6 Å². The van der Waals surface area contributed by atoms with E-state index in [-0.39, 0.29) is 17.7 Å². The maximum atomic E-state index is 12.7. The van der Waals surface area contributed by atoms with E-state index in [4.69, 9.17) is 0 Å². The first-order chi connectivity index (χ1) is 10.1. The fourth-order valence-electron chi connectivity index (χ4n) is 4.29. The second kappa shape index (κ2) is 6.37. The van der Waals surface area contributed by atoms with Crippen LogP contribution in [0.25, 0.3) is 0 Å². The lowest BCUT2D eigenvalue weighted by atomic mass is 9.94. The third-order valence-electron chi connectivity index (χ3n) is 5.49. The highest BCUT2D eigenvalue weighted by atomic mass is 16.2. The predicted octanol–water partition coefficient (Wildman–Crippen LogP) is 2.43. The lowest BCUT2D eigenvalue weighted by Crippen LogP contribution is -2.44. The van der Waals surface area contributed by atoms with Crippen molar-refractivity contribution in [3.05, 3.63) is 0 Å². The van der Waals surface area contributed by atoms with Crippen LogP contribution in [0.4, 0.5) is 0 Å². The monoisotopic (exact) mass is 292 g/mol. The van der Waals surface area contributed by atoms with Crippen LogP contribution >= 0.6 is 0 Å². The number of piperidine rings is 1. The fourth-order valence-corrected chi connectivity index (χ4v) is 4.29. The van der Waals surface area contributed by atoms with Gasteiger partial charge in [0.25, 0.3) is 0 Å². The predicted molar refractivity (Wildman–Crippen MR) is 81.7 cm³/mol. The van der Waals surface area contributed by atoms with Gasteiger partial charge in [-0.1, -0.05) is 26.2 Å². The first kappa shape index (κ1) is 14.9. The van der Waals surface area contributed by atoms with E-state index >= 15 is 0 Å². The molecule has 1 aliphatic carbocycles. The summed E-state index contributed by atoms with van der Waals surface area (Å²) in [5.74, 6) is 0.970. The first-order valence-corrected chi connectivity index (χ1v) is 8.73. The SMILES string of the molecule is C[C@@H]1CCCN(C(=O)[C@H]2CC(=O)N(C3CCCCC3)C2)C1. The molecular weight excluding hydrogens is 264 g/mol. The molecule has 3 rings (SSSR count). The summed E-state index contributed by atoms with van der Waals surface area (Å²) in [6.45, 7) is 4.66. The molecule has 2 saturated heterocycles. The molecule has 4 nitrogen and oxygen atoms in total. The van der Waals surface area contributed by atoms with Gasteiger partial charge in [0.05, 0.1) is 5.92 Å². The van der Waals surface area contributed by atoms with Crippen molar-refractivity contribution in [2.45, 2.75) is 64.3 Å². The summed E-state index contributed by atoms with van der Waals surface area (Å²) in [6.07, 6.45) is 8.81. The highest BCUT2D eigenvalue weighted by molar-refractivity contribution is 5.89. The lowest BCUT2D eigenvalue weighted by molar-refractivity contribution is -0.137. The van der Waals surface area contributed by atoms with E-state index in [1.54, 1.807) is 0 Å². The zero-order valence-corrected chi connectivity index (χ0v) is 13.2. The minimum Gasteiger partial charge on any atom is -0.342 e. The Balaban J connectivity index is 1.59. The van der Waals surface area contributed by atoms with Crippen molar-refractivity contribution in [2.24, 2.45) is 11.8 Å². The van der Waals surface area contributed by atoms with Crippen molar-refractivity contribution in [1.82, 2.24) is 9.80 Å². The molecule has 0 aromatic carbocycles. The Kier molecular flexibility index (Phi) is 4.51. The zero-order valence-electron chi connectivity index (χ0n) is 13.2. The smallest absolute Gasteiger partial charge is 0.228 e. The number of carbonyl (C=O) groups is 2. The summed E-state index contributed by atoms with van der Waals surface area (Å²) >= 11 is 0. The van der Waals surface area contributed by atoms with Crippen LogP contribution in [-0.2, 0) is 9.59 Å². The fraction of sp³-hybridized carbons (Fsp3) is 0.882. The molecule has 0 bridgehead atoms. The number of likely N-dealkylation sites (tertiary alicyclic amines) is 2. The average Bonchev–Trinajstić information content (AvgIpc) is 2.89. The Bertz CT molecular complexity index is 404. The molecule has 2 amide bonds. The number of hydrogen-bond donors (Lipinski definition) is 0. The summed E-state index contributed by atoms with van der Waals surface area (Å²) in [5, 5.41) is 0. The van der Waals surface area contributed by atoms with E-state index in [2.05, 4.69) is 6.92 Å². The minimum atomic E-state index is -0.0790. The first-order valence-electron chi connectivity index (χ1n) is 8.73. The van der Waals surface area contributed by atoms with Gasteiger partial charge < -0.3 is 9.80 Å². The van der Waals surface area contributed by atoms with Gasteiger partial charge >= 0.3 is 0 Å². The van der Waals surface area contributed by atoms with E-state index in [1.807, 2.05) is 9.80 Å². The molecule has 1 saturated carbocycles. The molecule has 0 aromatic heterocycles. The molecule has 2 aliphatic heterocycles. The van der Waals surface area contributed by atoms with Crippen molar-refractivity contribution < 1.29 is 9.59 Å². The van der Waals surface area contributed by atoms with Crippen molar-refractivity contribution >= 4 is 11.8 Å². The number of hydrogen-bond acceptors (Lipinski definition) is 2. The van der Waals surface area contributed by atoms with E-state index < -0.39 is 0 Å². The van der Waals surface area contributed by atoms with Crippen LogP contribution in [0.3, 0.4) is 0 Å². The third kappa shape index (κ3) is 3.24. The quantitative estimate of drug-likeness (QED) is 0.784. The van der Waals surface area contributed by atoms with Crippen LogP contribution in [-0.4, -0.2) is 47.3 Å². The van der Waals surface area contributed by atoms with Gasteiger partial charge in [0, 0.05) is 32.1 Å². The van der Waals surface area contributed by atoms with Gasteiger partial charge in [0.2, 0.25) is 11.8 Å². The molecule has 0 spiro atoms. The summed E-state index contributed by atoms with van der Waals surface area (Å²) in [4.78, 5) is 29.0. The van der Waals surface area contributed by atoms with Crippen LogP contribution < -0.4 is 0 Å². The van der Waals surface area contributed by atoms with E-state index in [1.165, 1.54) is 25.7 Å². The summed E-state index contributed by atoms with van der Waals surface area (Å²) in [7, 11) is 0. The summed E-state index contributed by atoms with van der Waals surface area (Å²) in [5.41, 5.74) is 0. The van der Waals surface area contributed by atoms with Gasteiger partial charge in [0.15, 0.2) is 0 Å². The normalized spacial score (nSPS) is 31.8. The number of amides is 2. The maximum absolute atomic E-state index is 12.7.